The third-order valence-electron chi connectivity index (χ3n) is 5.12. The summed E-state index contributed by atoms with van der Waals surface area (Å²) in [6, 6.07) is 22.3. The van der Waals surface area contributed by atoms with Gasteiger partial charge in [-0.05, 0) is 35.2 Å². The number of benzene rings is 3. The van der Waals surface area contributed by atoms with Crippen LogP contribution < -0.4 is 5.32 Å². The summed E-state index contributed by atoms with van der Waals surface area (Å²) in [5.74, 6) is -1.49. The fourth-order valence-corrected chi connectivity index (χ4v) is 3.34. The number of ether oxygens (including phenoxy) is 1. The molecule has 3 rings (SSSR count). The van der Waals surface area contributed by atoms with Gasteiger partial charge < -0.3 is 10.1 Å². The second-order valence-corrected chi connectivity index (χ2v) is 9.10. The first-order valence-corrected chi connectivity index (χ1v) is 11.0. The molecule has 1 unspecified atom stereocenters. The van der Waals surface area contributed by atoms with Gasteiger partial charge in [0.05, 0.1) is 0 Å². The Kier molecular flexibility index (Phi) is 7.67. The minimum atomic E-state index is -1.15. The number of rotatable bonds is 7. The second-order valence-electron chi connectivity index (χ2n) is 8.66. The zero-order valence-corrected chi connectivity index (χ0v) is 19.6. The largest absolute Gasteiger partial charge is 0.448 e. The molecule has 0 aromatic heterocycles. The van der Waals surface area contributed by atoms with Gasteiger partial charge in [0, 0.05) is 21.7 Å². The van der Waals surface area contributed by atoms with E-state index in [1.54, 1.807) is 66.7 Å². The summed E-state index contributed by atoms with van der Waals surface area (Å²) in [5.41, 5.74) is 2.41. The number of Topliss-reactive ketones (excluding diaryl/α,β-unsaturated/α-hetero) is 1. The number of hydrogen-bond donors (Lipinski definition) is 1. The molecule has 0 saturated heterocycles. The first-order valence-electron chi connectivity index (χ1n) is 10.6. The van der Waals surface area contributed by atoms with Crippen molar-refractivity contribution in [3.63, 3.8) is 0 Å². The smallest absolute Gasteiger partial charge is 0.326 e. The van der Waals surface area contributed by atoms with Crippen LogP contribution in [0.25, 0.3) is 0 Å². The van der Waals surface area contributed by atoms with Crippen molar-refractivity contribution in [1.82, 2.24) is 5.32 Å². The van der Waals surface area contributed by atoms with E-state index in [9.17, 15) is 14.4 Å². The molecule has 0 radical (unpaired) electrons. The first-order chi connectivity index (χ1) is 15.6. The minimum absolute atomic E-state index is 0.0270. The van der Waals surface area contributed by atoms with Crippen LogP contribution in [0.2, 0.25) is 5.02 Å². The molecular formula is C27H26ClNO4. The van der Waals surface area contributed by atoms with Crippen molar-refractivity contribution in [3.05, 3.63) is 106 Å². The summed E-state index contributed by atoms with van der Waals surface area (Å²) < 4.78 is 5.50. The second kappa shape index (κ2) is 10.5. The van der Waals surface area contributed by atoms with Gasteiger partial charge in [-0.15, -0.1) is 0 Å². The van der Waals surface area contributed by atoms with E-state index < -0.39 is 18.0 Å². The van der Waals surface area contributed by atoms with Gasteiger partial charge in [-0.2, -0.15) is 0 Å². The van der Waals surface area contributed by atoms with E-state index in [0.29, 0.717) is 21.7 Å². The predicted octanol–water partition coefficient (Wildman–Crippen LogP) is 5.53. The third-order valence-corrected chi connectivity index (χ3v) is 5.38. The number of hydrogen-bond acceptors (Lipinski definition) is 4. The number of ketones is 1. The zero-order valence-electron chi connectivity index (χ0n) is 18.8. The molecule has 6 heteroatoms. The predicted molar refractivity (Wildman–Crippen MR) is 129 cm³/mol. The maximum Gasteiger partial charge on any atom is 0.326 e. The van der Waals surface area contributed by atoms with E-state index in [2.05, 4.69) is 26.1 Å². The van der Waals surface area contributed by atoms with Crippen LogP contribution in [0.1, 0.15) is 58.7 Å². The number of carbonyl (C=O) groups excluding carboxylic acids is 3. The van der Waals surface area contributed by atoms with E-state index >= 15 is 0 Å². The Labute approximate surface area is 198 Å². The van der Waals surface area contributed by atoms with Crippen molar-refractivity contribution in [2.24, 2.45) is 0 Å². The fourth-order valence-electron chi connectivity index (χ4n) is 3.21. The lowest BCUT2D eigenvalue weighted by Gasteiger charge is -2.19. The molecule has 0 fully saturated rings. The quantitative estimate of drug-likeness (QED) is 0.369. The van der Waals surface area contributed by atoms with Crippen molar-refractivity contribution in [2.75, 3.05) is 6.54 Å². The Hall–Kier alpha value is -3.44. The third kappa shape index (κ3) is 6.53. The van der Waals surface area contributed by atoms with Gasteiger partial charge in [-0.1, -0.05) is 87.0 Å². The van der Waals surface area contributed by atoms with Crippen LogP contribution in [0.15, 0.2) is 78.9 Å². The molecule has 5 nitrogen and oxygen atoms in total. The monoisotopic (exact) mass is 463 g/mol. The Morgan fingerprint density at radius 2 is 1.45 bits per heavy atom. The van der Waals surface area contributed by atoms with Gasteiger partial charge in [-0.25, -0.2) is 0 Å². The standard InChI is InChI=1S/C27H26ClNO4/c1-27(2,3)21-13-9-20(10-14-21)26(32)29-17-23(30)33-25(19-11-15-22(28)16-12-19)24(31)18-7-5-4-6-8-18/h4-16,25H,17H2,1-3H3,(H,29,32). The Bertz CT molecular complexity index is 1120. The minimum Gasteiger partial charge on any atom is -0.448 e. The molecule has 170 valence electrons. The lowest BCUT2D eigenvalue weighted by atomic mass is 9.87. The van der Waals surface area contributed by atoms with E-state index in [1.807, 2.05) is 12.1 Å². The summed E-state index contributed by atoms with van der Waals surface area (Å²) in [6.45, 7) is 5.90. The molecule has 1 N–H and O–H groups in total. The van der Waals surface area contributed by atoms with Gasteiger partial charge >= 0.3 is 5.97 Å². The lowest BCUT2D eigenvalue weighted by molar-refractivity contribution is -0.146. The number of esters is 1. The van der Waals surface area contributed by atoms with E-state index in [0.717, 1.165) is 5.56 Å². The molecule has 1 atom stereocenters. The molecule has 3 aromatic carbocycles. The zero-order chi connectivity index (χ0) is 24.0. The highest BCUT2D eigenvalue weighted by molar-refractivity contribution is 6.30. The summed E-state index contributed by atoms with van der Waals surface area (Å²) in [7, 11) is 0. The lowest BCUT2D eigenvalue weighted by Crippen LogP contribution is -2.32. The Morgan fingerprint density at radius 3 is 2.03 bits per heavy atom. The number of nitrogens with one attached hydrogen (secondary N) is 1. The van der Waals surface area contributed by atoms with Gasteiger partial charge in [0.1, 0.15) is 6.54 Å². The SMILES string of the molecule is CC(C)(C)c1ccc(C(=O)NCC(=O)OC(C(=O)c2ccccc2)c2ccc(Cl)cc2)cc1. The summed E-state index contributed by atoms with van der Waals surface area (Å²) in [6.07, 6.45) is -1.15. The molecule has 3 aromatic rings. The van der Waals surface area contributed by atoms with Crippen LogP contribution in [-0.2, 0) is 14.9 Å². The maximum atomic E-state index is 13.0. The molecular weight excluding hydrogens is 438 g/mol. The number of amides is 1. The van der Waals surface area contributed by atoms with Crippen LogP contribution in [-0.4, -0.2) is 24.2 Å². The summed E-state index contributed by atoms with van der Waals surface area (Å²) in [5, 5.41) is 3.06. The maximum absolute atomic E-state index is 13.0. The van der Waals surface area contributed by atoms with Crippen LogP contribution >= 0.6 is 11.6 Å². The molecule has 0 bridgehead atoms. The van der Waals surface area contributed by atoms with Crippen LogP contribution in [0.3, 0.4) is 0 Å². The Balaban J connectivity index is 1.68. The van der Waals surface area contributed by atoms with Gasteiger partial charge in [0.15, 0.2) is 6.10 Å². The van der Waals surface area contributed by atoms with Gasteiger partial charge in [0.25, 0.3) is 5.91 Å². The molecule has 0 heterocycles. The molecule has 33 heavy (non-hydrogen) atoms. The van der Waals surface area contributed by atoms with Crippen LogP contribution in [0, 0.1) is 0 Å². The molecule has 0 saturated carbocycles. The molecule has 0 aliphatic carbocycles. The van der Waals surface area contributed by atoms with Gasteiger partial charge in [-0.3, -0.25) is 14.4 Å². The number of carbonyl (C=O) groups is 3. The van der Waals surface area contributed by atoms with Gasteiger partial charge in [0.2, 0.25) is 5.78 Å². The topological polar surface area (TPSA) is 72.5 Å². The Morgan fingerprint density at radius 1 is 0.848 bits per heavy atom. The molecule has 0 aliphatic rings. The van der Waals surface area contributed by atoms with Crippen LogP contribution in [0.4, 0.5) is 0 Å². The number of halogens is 1. The van der Waals surface area contributed by atoms with Crippen molar-refractivity contribution >= 4 is 29.3 Å². The highest BCUT2D eigenvalue weighted by Gasteiger charge is 2.26. The van der Waals surface area contributed by atoms with Crippen molar-refractivity contribution < 1.29 is 19.1 Å². The van der Waals surface area contributed by atoms with E-state index in [-0.39, 0.29) is 17.7 Å². The van der Waals surface area contributed by atoms with E-state index in [1.165, 1.54) is 0 Å². The van der Waals surface area contributed by atoms with Crippen LogP contribution in [0.5, 0.6) is 0 Å². The first kappa shape index (κ1) is 24.2. The highest BCUT2D eigenvalue weighted by atomic mass is 35.5. The fraction of sp³-hybridized carbons (Fsp3) is 0.222. The van der Waals surface area contributed by atoms with E-state index in [4.69, 9.17) is 16.3 Å². The average molecular weight is 464 g/mol. The highest BCUT2D eigenvalue weighted by Crippen LogP contribution is 2.25. The average Bonchev–Trinajstić information content (AvgIpc) is 2.81. The summed E-state index contributed by atoms with van der Waals surface area (Å²) in [4.78, 5) is 38.0. The van der Waals surface area contributed by atoms with Crippen molar-refractivity contribution in [1.29, 1.82) is 0 Å². The van der Waals surface area contributed by atoms with Crippen molar-refractivity contribution in [2.45, 2.75) is 32.3 Å². The summed E-state index contributed by atoms with van der Waals surface area (Å²) >= 11 is 5.96. The molecule has 1 amide bonds. The van der Waals surface area contributed by atoms with Crippen molar-refractivity contribution in [3.8, 4) is 0 Å². The molecule has 0 aliphatic heterocycles. The molecule has 0 spiro atoms. The normalized spacial score (nSPS) is 12.0.